The Hall–Kier alpha value is -0.370. The molecule has 1 aliphatic carbocycles. The summed E-state index contributed by atoms with van der Waals surface area (Å²) in [6.45, 7) is 0.733. The van der Waals surface area contributed by atoms with Crippen LogP contribution >= 0.6 is 0 Å². The zero-order valence-corrected chi connectivity index (χ0v) is 6.43. The van der Waals surface area contributed by atoms with Crippen LogP contribution in [0.25, 0.3) is 0 Å². The predicted molar refractivity (Wildman–Crippen MR) is 38.8 cm³/mol. The largest absolute Gasteiger partial charge is 0.385 e. The maximum absolute atomic E-state index is 11.0. The summed E-state index contributed by atoms with van der Waals surface area (Å²) in [5.74, 6) is 0.761. The normalized spacial score (nSPS) is 25.7. The fraction of sp³-hybridized carbons (Fsp3) is 0.875. The van der Waals surface area contributed by atoms with Gasteiger partial charge in [0.1, 0.15) is 5.78 Å². The third-order valence-electron chi connectivity index (χ3n) is 2.10. The van der Waals surface area contributed by atoms with Crippen LogP contribution in [-0.4, -0.2) is 19.5 Å². The quantitative estimate of drug-likeness (QED) is 0.595. The third-order valence-corrected chi connectivity index (χ3v) is 2.10. The summed E-state index contributed by atoms with van der Waals surface area (Å²) < 4.78 is 4.90. The van der Waals surface area contributed by atoms with Crippen molar-refractivity contribution in [3.8, 4) is 0 Å². The second-order valence-corrected chi connectivity index (χ2v) is 2.84. The van der Waals surface area contributed by atoms with Crippen LogP contribution in [-0.2, 0) is 9.53 Å². The molecule has 1 fully saturated rings. The van der Waals surface area contributed by atoms with Crippen LogP contribution in [0.4, 0.5) is 0 Å². The van der Waals surface area contributed by atoms with Gasteiger partial charge in [0, 0.05) is 26.1 Å². The van der Waals surface area contributed by atoms with Crippen molar-refractivity contribution in [2.45, 2.75) is 25.7 Å². The van der Waals surface area contributed by atoms with Gasteiger partial charge < -0.3 is 4.74 Å². The topological polar surface area (TPSA) is 26.3 Å². The van der Waals surface area contributed by atoms with E-state index in [4.69, 9.17) is 4.74 Å². The summed E-state index contributed by atoms with van der Waals surface area (Å²) in [5.41, 5.74) is 0. The number of hydrogen-bond donors (Lipinski definition) is 0. The Kier molecular flexibility index (Phi) is 2.87. The fourth-order valence-electron chi connectivity index (χ4n) is 1.45. The molecule has 0 N–H and O–H groups in total. The van der Waals surface area contributed by atoms with Gasteiger partial charge in [-0.3, -0.25) is 4.79 Å². The molecule has 0 amide bonds. The maximum Gasteiger partial charge on any atom is 0.136 e. The SMILES string of the molecule is COCC[C@@H]1CCCC1=O. The minimum absolute atomic E-state index is 0.319. The monoisotopic (exact) mass is 142 g/mol. The zero-order valence-electron chi connectivity index (χ0n) is 6.43. The molecule has 0 saturated heterocycles. The number of carbonyl (C=O) groups is 1. The number of methoxy groups -OCH3 is 1. The molecule has 0 unspecified atom stereocenters. The van der Waals surface area contributed by atoms with E-state index in [1.165, 1.54) is 0 Å². The molecule has 1 atom stereocenters. The van der Waals surface area contributed by atoms with E-state index in [0.717, 1.165) is 32.3 Å². The second-order valence-electron chi connectivity index (χ2n) is 2.84. The van der Waals surface area contributed by atoms with Crippen molar-refractivity contribution < 1.29 is 9.53 Å². The summed E-state index contributed by atoms with van der Waals surface area (Å²) in [6.07, 6.45) is 3.90. The minimum atomic E-state index is 0.319. The molecule has 0 spiro atoms. The molecule has 0 heterocycles. The summed E-state index contributed by atoms with van der Waals surface area (Å²) in [6, 6.07) is 0. The van der Waals surface area contributed by atoms with Gasteiger partial charge in [-0.2, -0.15) is 0 Å². The van der Waals surface area contributed by atoms with Gasteiger partial charge in [-0.25, -0.2) is 0 Å². The Balaban J connectivity index is 2.20. The van der Waals surface area contributed by atoms with E-state index >= 15 is 0 Å². The predicted octanol–water partition coefficient (Wildman–Crippen LogP) is 1.39. The van der Waals surface area contributed by atoms with Gasteiger partial charge in [-0.05, 0) is 19.3 Å². The van der Waals surface area contributed by atoms with Gasteiger partial charge >= 0.3 is 0 Å². The molecule has 1 aliphatic rings. The van der Waals surface area contributed by atoms with E-state index in [9.17, 15) is 4.79 Å². The Bertz CT molecular complexity index is 120. The molecule has 0 bridgehead atoms. The number of hydrogen-bond acceptors (Lipinski definition) is 2. The van der Waals surface area contributed by atoms with Gasteiger partial charge in [-0.1, -0.05) is 0 Å². The molecular weight excluding hydrogens is 128 g/mol. The lowest BCUT2D eigenvalue weighted by molar-refractivity contribution is -0.121. The Morgan fingerprint density at radius 3 is 3.00 bits per heavy atom. The van der Waals surface area contributed by atoms with Gasteiger partial charge in [0.05, 0.1) is 0 Å². The molecule has 1 rings (SSSR count). The van der Waals surface area contributed by atoms with Crippen molar-refractivity contribution in [1.29, 1.82) is 0 Å². The van der Waals surface area contributed by atoms with Gasteiger partial charge in [-0.15, -0.1) is 0 Å². The second kappa shape index (κ2) is 3.71. The molecular formula is C8H14O2. The first-order valence-electron chi connectivity index (χ1n) is 3.86. The number of ether oxygens (including phenoxy) is 1. The smallest absolute Gasteiger partial charge is 0.136 e. The lowest BCUT2D eigenvalue weighted by Crippen LogP contribution is -2.08. The van der Waals surface area contributed by atoms with Crippen molar-refractivity contribution in [3.63, 3.8) is 0 Å². The number of carbonyl (C=O) groups excluding carboxylic acids is 1. The molecule has 0 aromatic carbocycles. The summed E-state index contributed by atoms with van der Waals surface area (Å²) in [4.78, 5) is 11.0. The highest BCUT2D eigenvalue weighted by molar-refractivity contribution is 5.82. The summed E-state index contributed by atoms with van der Waals surface area (Å²) >= 11 is 0. The molecule has 10 heavy (non-hydrogen) atoms. The van der Waals surface area contributed by atoms with Crippen LogP contribution in [0.5, 0.6) is 0 Å². The number of Topliss-reactive ketones (excluding diaryl/α,β-unsaturated/α-hetero) is 1. The zero-order chi connectivity index (χ0) is 7.40. The molecule has 0 radical (unpaired) electrons. The van der Waals surface area contributed by atoms with E-state index in [2.05, 4.69) is 0 Å². The molecule has 2 nitrogen and oxygen atoms in total. The van der Waals surface area contributed by atoms with Crippen molar-refractivity contribution in [3.05, 3.63) is 0 Å². The van der Waals surface area contributed by atoms with Crippen molar-refractivity contribution in [1.82, 2.24) is 0 Å². The van der Waals surface area contributed by atoms with Gasteiger partial charge in [0.15, 0.2) is 0 Å². The molecule has 0 aromatic rings. The Labute approximate surface area is 61.6 Å². The highest BCUT2D eigenvalue weighted by Crippen LogP contribution is 2.23. The van der Waals surface area contributed by atoms with E-state index in [1.54, 1.807) is 7.11 Å². The standard InChI is InChI=1S/C8H14O2/c1-10-6-5-7-3-2-4-8(7)9/h7H,2-6H2,1H3/t7-/m0/s1. The Morgan fingerprint density at radius 2 is 2.50 bits per heavy atom. The van der Waals surface area contributed by atoms with Crippen LogP contribution in [0.15, 0.2) is 0 Å². The van der Waals surface area contributed by atoms with Crippen LogP contribution in [0.1, 0.15) is 25.7 Å². The first-order valence-corrected chi connectivity index (χ1v) is 3.86. The molecule has 1 saturated carbocycles. The van der Waals surface area contributed by atoms with E-state index in [0.29, 0.717) is 11.7 Å². The first kappa shape index (κ1) is 7.73. The van der Waals surface area contributed by atoms with Crippen molar-refractivity contribution in [2.24, 2.45) is 5.92 Å². The van der Waals surface area contributed by atoms with Gasteiger partial charge in [0.2, 0.25) is 0 Å². The van der Waals surface area contributed by atoms with Crippen LogP contribution < -0.4 is 0 Å². The van der Waals surface area contributed by atoms with Crippen LogP contribution in [0.3, 0.4) is 0 Å². The van der Waals surface area contributed by atoms with E-state index < -0.39 is 0 Å². The van der Waals surface area contributed by atoms with E-state index in [-0.39, 0.29) is 0 Å². The first-order chi connectivity index (χ1) is 4.84. The van der Waals surface area contributed by atoms with Crippen molar-refractivity contribution in [2.75, 3.05) is 13.7 Å². The summed E-state index contributed by atoms with van der Waals surface area (Å²) in [7, 11) is 1.68. The number of ketones is 1. The van der Waals surface area contributed by atoms with Crippen LogP contribution in [0, 0.1) is 5.92 Å². The average molecular weight is 142 g/mol. The average Bonchev–Trinajstić information content (AvgIpc) is 2.31. The summed E-state index contributed by atoms with van der Waals surface area (Å²) in [5, 5.41) is 0. The van der Waals surface area contributed by atoms with Gasteiger partial charge in [0.25, 0.3) is 0 Å². The molecule has 0 aliphatic heterocycles. The number of rotatable bonds is 3. The maximum atomic E-state index is 11.0. The molecule has 2 heteroatoms. The fourth-order valence-corrected chi connectivity index (χ4v) is 1.45. The Morgan fingerprint density at radius 1 is 1.70 bits per heavy atom. The molecule has 58 valence electrons. The lowest BCUT2D eigenvalue weighted by Gasteiger charge is -2.04. The molecule has 0 aromatic heterocycles. The lowest BCUT2D eigenvalue weighted by atomic mass is 10.0. The van der Waals surface area contributed by atoms with E-state index in [1.807, 2.05) is 0 Å². The third kappa shape index (κ3) is 1.81. The van der Waals surface area contributed by atoms with Crippen LogP contribution in [0.2, 0.25) is 0 Å². The highest BCUT2D eigenvalue weighted by atomic mass is 16.5. The van der Waals surface area contributed by atoms with Crippen molar-refractivity contribution >= 4 is 5.78 Å². The minimum Gasteiger partial charge on any atom is -0.385 e. The highest BCUT2D eigenvalue weighted by Gasteiger charge is 2.23.